The number of carbonyl (C=O) groups is 2. The van der Waals surface area contributed by atoms with Crippen LogP contribution in [0.15, 0.2) is 0 Å². The summed E-state index contributed by atoms with van der Waals surface area (Å²) in [5.41, 5.74) is -0.451. The van der Waals surface area contributed by atoms with Crippen molar-refractivity contribution in [1.82, 2.24) is 0 Å². The maximum atomic E-state index is 11.2. The van der Waals surface area contributed by atoms with Crippen molar-refractivity contribution in [3.05, 3.63) is 0 Å². The topological polar surface area (TPSA) is 52.6 Å². The van der Waals surface area contributed by atoms with Crippen molar-refractivity contribution in [2.24, 2.45) is 0 Å². The zero-order chi connectivity index (χ0) is 11.2. The Labute approximate surface area is 84.6 Å². The Balaban J connectivity index is 3.82. The largest absolute Gasteiger partial charge is 0.469 e. The summed E-state index contributed by atoms with van der Waals surface area (Å²) in [5.74, 6) is -0.751. The van der Waals surface area contributed by atoms with Crippen molar-refractivity contribution in [3.63, 3.8) is 0 Å². The van der Waals surface area contributed by atoms with E-state index in [2.05, 4.69) is 4.74 Å². The number of esters is 2. The zero-order valence-electron chi connectivity index (χ0n) is 9.25. The summed E-state index contributed by atoms with van der Waals surface area (Å²) >= 11 is 0. The number of ether oxygens (including phenoxy) is 2. The third kappa shape index (κ3) is 5.56. The summed E-state index contributed by atoms with van der Waals surface area (Å²) in [5, 5.41) is 0. The fourth-order valence-corrected chi connectivity index (χ4v) is 0.738. The van der Waals surface area contributed by atoms with Crippen molar-refractivity contribution >= 4 is 11.9 Å². The monoisotopic (exact) mass is 202 g/mol. The summed E-state index contributed by atoms with van der Waals surface area (Å²) in [7, 11) is 1.30. The van der Waals surface area contributed by atoms with Gasteiger partial charge in [-0.15, -0.1) is 0 Å². The molecule has 0 aliphatic rings. The molecular formula is C10H18O4. The molecule has 0 spiro atoms. The predicted octanol–water partition coefficient (Wildman–Crippen LogP) is 1.67. The average Bonchev–Trinajstić information content (AvgIpc) is 2.13. The fraction of sp³-hybridized carbons (Fsp3) is 0.800. The van der Waals surface area contributed by atoms with Crippen molar-refractivity contribution in [2.75, 3.05) is 7.11 Å². The van der Waals surface area contributed by atoms with E-state index in [1.807, 2.05) is 20.8 Å². The molecule has 0 radical (unpaired) electrons. The van der Waals surface area contributed by atoms with Gasteiger partial charge in [-0.2, -0.15) is 0 Å². The molecule has 0 bridgehead atoms. The van der Waals surface area contributed by atoms with Crippen LogP contribution in [-0.4, -0.2) is 24.6 Å². The van der Waals surface area contributed by atoms with Gasteiger partial charge in [0.25, 0.3) is 0 Å². The van der Waals surface area contributed by atoms with Gasteiger partial charge in [0, 0.05) is 0 Å². The van der Waals surface area contributed by atoms with E-state index in [9.17, 15) is 9.59 Å². The van der Waals surface area contributed by atoms with Gasteiger partial charge in [0.2, 0.25) is 0 Å². The van der Waals surface area contributed by atoms with E-state index in [1.165, 1.54) is 7.11 Å². The molecule has 0 atom stereocenters. The van der Waals surface area contributed by atoms with Crippen LogP contribution in [0.25, 0.3) is 0 Å². The lowest BCUT2D eigenvalue weighted by atomic mass is 10.1. The second-order valence-corrected chi connectivity index (χ2v) is 3.66. The summed E-state index contributed by atoms with van der Waals surface area (Å²) in [6.45, 7) is 5.61. The van der Waals surface area contributed by atoms with Crippen molar-refractivity contribution in [2.45, 2.75) is 45.6 Å². The molecule has 0 rings (SSSR count). The average molecular weight is 202 g/mol. The lowest BCUT2D eigenvalue weighted by Crippen LogP contribution is -2.27. The quantitative estimate of drug-likeness (QED) is 0.636. The van der Waals surface area contributed by atoms with Gasteiger partial charge in [-0.3, -0.25) is 9.59 Å². The first kappa shape index (κ1) is 12.9. The summed E-state index contributed by atoms with van der Waals surface area (Å²) in [6.07, 6.45) is 0.905. The number of methoxy groups -OCH3 is 1. The number of carbonyl (C=O) groups excluding carboxylic acids is 2. The molecule has 0 aromatic rings. The fourth-order valence-electron chi connectivity index (χ4n) is 0.738. The summed E-state index contributed by atoms with van der Waals surface area (Å²) in [6, 6.07) is 0. The lowest BCUT2D eigenvalue weighted by Gasteiger charge is -2.23. The Kier molecular flexibility index (Phi) is 5.20. The van der Waals surface area contributed by atoms with Crippen LogP contribution in [0.4, 0.5) is 0 Å². The van der Waals surface area contributed by atoms with E-state index in [4.69, 9.17) is 4.74 Å². The highest BCUT2D eigenvalue weighted by Crippen LogP contribution is 2.14. The molecule has 0 aliphatic carbocycles. The third-order valence-electron chi connectivity index (χ3n) is 2.00. The molecule has 0 saturated heterocycles. The zero-order valence-corrected chi connectivity index (χ0v) is 9.25. The van der Waals surface area contributed by atoms with Gasteiger partial charge in [-0.25, -0.2) is 0 Å². The van der Waals surface area contributed by atoms with Crippen LogP contribution >= 0.6 is 0 Å². The van der Waals surface area contributed by atoms with E-state index in [-0.39, 0.29) is 18.8 Å². The smallest absolute Gasteiger partial charge is 0.306 e. The molecule has 4 nitrogen and oxygen atoms in total. The normalized spacial score (nSPS) is 10.9. The predicted molar refractivity (Wildman–Crippen MR) is 51.7 cm³/mol. The molecule has 0 aromatic carbocycles. The Morgan fingerprint density at radius 2 is 1.64 bits per heavy atom. The third-order valence-corrected chi connectivity index (χ3v) is 2.00. The molecule has 14 heavy (non-hydrogen) atoms. The van der Waals surface area contributed by atoms with E-state index >= 15 is 0 Å². The van der Waals surface area contributed by atoms with Crippen LogP contribution in [0.5, 0.6) is 0 Å². The Bertz CT molecular complexity index is 208. The maximum Gasteiger partial charge on any atom is 0.306 e. The molecule has 0 aromatic heterocycles. The van der Waals surface area contributed by atoms with Crippen LogP contribution in [0, 0.1) is 0 Å². The Morgan fingerprint density at radius 1 is 1.14 bits per heavy atom. The van der Waals surface area contributed by atoms with Crippen molar-refractivity contribution in [3.8, 4) is 0 Å². The molecule has 0 N–H and O–H groups in total. The maximum absolute atomic E-state index is 11.2. The molecule has 0 amide bonds. The highest BCUT2D eigenvalue weighted by atomic mass is 16.6. The van der Waals surface area contributed by atoms with Crippen LogP contribution in [0.2, 0.25) is 0 Å². The molecule has 0 aliphatic heterocycles. The lowest BCUT2D eigenvalue weighted by molar-refractivity contribution is -0.159. The molecule has 0 saturated carbocycles. The second kappa shape index (κ2) is 5.62. The van der Waals surface area contributed by atoms with Gasteiger partial charge in [-0.1, -0.05) is 6.92 Å². The standard InChI is InChI=1S/C10H18O4/c1-5-10(2,3)14-9(12)7-6-8(11)13-4/h5-7H2,1-4H3. The summed E-state index contributed by atoms with van der Waals surface area (Å²) in [4.78, 5) is 21.9. The number of hydrogen-bond donors (Lipinski definition) is 0. The first-order valence-corrected chi connectivity index (χ1v) is 4.70. The van der Waals surface area contributed by atoms with Crippen molar-refractivity contribution in [1.29, 1.82) is 0 Å². The van der Waals surface area contributed by atoms with Gasteiger partial charge in [0.15, 0.2) is 0 Å². The number of hydrogen-bond acceptors (Lipinski definition) is 4. The first-order valence-electron chi connectivity index (χ1n) is 4.70. The van der Waals surface area contributed by atoms with E-state index < -0.39 is 11.6 Å². The minimum atomic E-state index is -0.451. The minimum absolute atomic E-state index is 0.0785. The molecular weight excluding hydrogens is 184 g/mol. The second-order valence-electron chi connectivity index (χ2n) is 3.66. The molecule has 82 valence electrons. The minimum Gasteiger partial charge on any atom is -0.469 e. The van der Waals surface area contributed by atoms with E-state index in [0.717, 1.165) is 6.42 Å². The van der Waals surface area contributed by atoms with Crippen LogP contribution in [0.3, 0.4) is 0 Å². The summed E-state index contributed by atoms with van der Waals surface area (Å²) < 4.78 is 9.55. The van der Waals surface area contributed by atoms with Crippen LogP contribution in [-0.2, 0) is 19.1 Å². The van der Waals surface area contributed by atoms with Crippen LogP contribution in [0.1, 0.15) is 40.0 Å². The Morgan fingerprint density at radius 3 is 2.07 bits per heavy atom. The molecule has 0 unspecified atom stereocenters. The van der Waals surface area contributed by atoms with Gasteiger partial charge in [0.1, 0.15) is 5.60 Å². The SMILES string of the molecule is CCC(C)(C)OC(=O)CCC(=O)OC. The van der Waals surface area contributed by atoms with E-state index in [1.54, 1.807) is 0 Å². The van der Waals surface area contributed by atoms with E-state index in [0.29, 0.717) is 0 Å². The van der Waals surface area contributed by atoms with Crippen LogP contribution < -0.4 is 0 Å². The molecule has 0 heterocycles. The number of rotatable bonds is 5. The van der Waals surface area contributed by atoms with Gasteiger partial charge < -0.3 is 9.47 Å². The first-order chi connectivity index (χ1) is 6.41. The van der Waals surface area contributed by atoms with Gasteiger partial charge >= 0.3 is 11.9 Å². The highest BCUT2D eigenvalue weighted by molar-refractivity contribution is 5.77. The molecule has 0 fully saturated rings. The van der Waals surface area contributed by atoms with Gasteiger partial charge in [-0.05, 0) is 20.3 Å². The molecule has 4 heteroatoms. The Hall–Kier alpha value is -1.06. The van der Waals surface area contributed by atoms with Crippen molar-refractivity contribution < 1.29 is 19.1 Å². The highest BCUT2D eigenvalue weighted by Gasteiger charge is 2.20. The van der Waals surface area contributed by atoms with Gasteiger partial charge in [0.05, 0.1) is 20.0 Å².